The lowest BCUT2D eigenvalue weighted by Gasteiger charge is -2.10. The third-order valence-electron chi connectivity index (χ3n) is 4.01. The highest BCUT2D eigenvalue weighted by Crippen LogP contribution is 2.23. The molecular weight excluding hydrogens is 420 g/mol. The lowest BCUT2D eigenvalue weighted by atomic mass is 10.3. The minimum absolute atomic E-state index is 0.272. The van der Waals surface area contributed by atoms with Crippen molar-refractivity contribution in [2.75, 3.05) is 15.4 Å². The van der Waals surface area contributed by atoms with Crippen LogP contribution in [0.5, 0.6) is 0 Å². The van der Waals surface area contributed by atoms with E-state index in [2.05, 4.69) is 30.3 Å². The van der Waals surface area contributed by atoms with E-state index in [1.807, 2.05) is 19.1 Å². The van der Waals surface area contributed by atoms with Gasteiger partial charge in [-0.3, -0.25) is 4.72 Å². The van der Waals surface area contributed by atoms with E-state index in [-0.39, 0.29) is 4.21 Å². The lowest BCUT2D eigenvalue weighted by molar-refractivity contribution is 0.603. The molecular formula is C20H18N6O2S2. The van der Waals surface area contributed by atoms with Crippen LogP contribution in [0.2, 0.25) is 0 Å². The number of sulfonamides is 1. The summed E-state index contributed by atoms with van der Waals surface area (Å²) in [7, 11) is -3.57. The molecule has 0 saturated carbocycles. The third-order valence-corrected chi connectivity index (χ3v) is 6.79. The van der Waals surface area contributed by atoms with Gasteiger partial charge in [-0.05, 0) is 60.3 Å². The molecule has 10 heteroatoms. The monoisotopic (exact) mass is 438 g/mol. The number of rotatable bonds is 7. The largest absolute Gasteiger partial charge is 0.340 e. The molecule has 4 aromatic rings. The molecule has 0 fully saturated rings. The molecule has 0 atom stereocenters. The summed E-state index contributed by atoms with van der Waals surface area (Å²) < 4.78 is 27.4. The molecule has 3 heterocycles. The quantitative estimate of drug-likeness (QED) is 0.389. The number of thiophene rings is 1. The van der Waals surface area contributed by atoms with Gasteiger partial charge in [-0.2, -0.15) is 0 Å². The zero-order chi connectivity index (χ0) is 21.0. The zero-order valence-corrected chi connectivity index (χ0v) is 17.5. The minimum atomic E-state index is -3.57. The normalized spacial score (nSPS) is 11.1. The number of benzene rings is 1. The van der Waals surface area contributed by atoms with E-state index in [9.17, 15) is 8.42 Å². The molecule has 1 aromatic carbocycles. The molecule has 0 aliphatic heterocycles. The smallest absolute Gasteiger partial charge is 0.271 e. The van der Waals surface area contributed by atoms with Crippen molar-refractivity contribution in [3.8, 4) is 0 Å². The Morgan fingerprint density at radius 3 is 2.23 bits per heavy atom. The number of anilines is 5. The van der Waals surface area contributed by atoms with E-state index in [0.717, 1.165) is 11.3 Å². The van der Waals surface area contributed by atoms with Crippen molar-refractivity contribution in [2.24, 2.45) is 0 Å². The number of aryl methyl sites for hydroxylation is 1. The molecule has 4 rings (SSSR count). The molecule has 152 valence electrons. The topological polar surface area (TPSA) is 109 Å². The molecule has 0 aliphatic carbocycles. The first-order chi connectivity index (χ1) is 14.5. The second-order valence-electron chi connectivity index (χ2n) is 6.37. The number of nitrogens with one attached hydrogen (secondary N) is 3. The summed E-state index contributed by atoms with van der Waals surface area (Å²) in [5.41, 5.74) is 2.33. The van der Waals surface area contributed by atoms with Gasteiger partial charge in [0.2, 0.25) is 0 Å². The van der Waals surface area contributed by atoms with Crippen molar-refractivity contribution in [2.45, 2.75) is 11.1 Å². The number of nitrogens with zero attached hydrogens (tertiary/aromatic N) is 3. The van der Waals surface area contributed by atoms with E-state index in [1.165, 1.54) is 17.7 Å². The van der Waals surface area contributed by atoms with Crippen LogP contribution in [0, 0.1) is 6.92 Å². The van der Waals surface area contributed by atoms with Crippen LogP contribution in [0.1, 0.15) is 5.56 Å². The van der Waals surface area contributed by atoms with Crippen molar-refractivity contribution in [3.63, 3.8) is 0 Å². The Balaban J connectivity index is 1.43. The molecule has 0 spiro atoms. The zero-order valence-electron chi connectivity index (χ0n) is 15.9. The predicted molar refractivity (Wildman–Crippen MR) is 119 cm³/mol. The molecule has 0 saturated heterocycles. The first-order valence-corrected chi connectivity index (χ1v) is 11.3. The summed E-state index contributed by atoms with van der Waals surface area (Å²) in [6.07, 6.45) is 3.18. The van der Waals surface area contributed by atoms with Crippen LogP contribution in [0.15, 0.2) is 76.7 Å². The summed E-state index contributed by atoms with van der Waals surface area (Å²) in [4.78, 5) is 12.7. The van der Waals surface area contributed by atoms with Crippen LogP contribution in [0.3, 0.4) is 0 Å². The van der Waals surface area contributed by atoms with E-state index in [1.54, 1.807) is 54.0 Å². The van der Waals surface area contributed by atoms with Gasteiger partial charge in [0.05, 0.1) is 0 Å². The Morgan fingerprint density at radius 1 is 0.833 bits per heavy atom. The van der Waals surface area contributed by atoms with Gasteiger partial charge in [0.25, 0.3) is 10.0 Å². The summed E-state index contributed by atoms with van der Waals surface area (Å²) in [5, 5.41) is 8.04. The highest BCUT2D eigenvalue weighted by molar-refractivity contribution is 7.94. The Bertz CT molecular complexity index is 1240. The second-order valence-corrected chi connectivity index (χ2v) is 9.23. The fourth-order valence-corrected chi connectivity index (χ4v) is 4.67. The van der Waals surface area contributed by atoms with E-state index < -0.39 is 10.0 Å². The number of pyridine rings is 1. The van der Waals surface area contributed by atoms with Crippen LogP contribution < -0.4 is 15.4 Å². The highest BCUT2D eigenvalue weighted by atomic mass is 32.2. The van der Waals surface area contributed by atoms with Gasteiger partial charge in [0.1, 0.15) is 28.0 Å². The van der Waals surface area contributed by atoms with Crippen molar-refractivity contribution < 1.29 is 8.42 Å². The highest BCUT2D eigenvalue weighted by Gasteiger charge is 2.14. The maximum Gasteiger partial charge on any atom is 0.271 e. The number of hydrogen-bond donors (Lipinski definition) is 3. The molecule has 0 bridgehead atoms. The molecule has 0 aliphatic rings. The van der Waals surface area contributed by atoms with Crippen LogP contribution in [0.25, 0.3) is 0 Å². The molecule has 0 radical (unpaired) electrons. The van der Waals surface area contributed by atoms with Gasteiger partial charge >= 0.3 is 0 Å². The minimum Gasteiger partial charge on any atom is -0.340 e. The van der Waals surface area contributed by atoms with Crippen LogP contribution in [-0.4, -0.2) is 23.4 Å². The van der Waals surface area contributed by atoms with Gasteiger partial charge in [-0.25, -0.2) is 23.4 Å². The summed E-state index contributed by atoms with van der Waals surface area (Å²) in [6, 6.07) is 15.8. The molecule has 8 nitrogen and oxygen atoms in total. The van der Waals surface area contributed by atoms with Gasteiger partial charge in [-0.1, -0.05) is 6.07 Å². The average Bonchev–Trinajstić information content (AvgIpc) is 3.26. The standard InChI is InChI=1S/C20H18N6O2S2/c1-14-8-9-21-17(11-14)25-19-12-18(22-13-23-19)24-15-4-6-16(7-5-15)26-30(27,28)20-3-2-10-29-20/h2-13,26H,1H3,(H2,21,22,23,24,25). The van der Waals surface area contributed by atoms with E-state index in [4.69, 9.17) is 0 Å². The Labute approximate surface area is 178 Å². The second kappa shape index (κ2) is 8.47. The Morgan fingerprint density at radius 2 is 1.53 bits per heavy atom. The molecule has 0 amide bonds. The van der Waals surface area contributed by atoms with Crippen LogP contribution >= 0.6 is 11.3 Å². The van der Waals surface area contributed by atoms with Crippen LogP contribution in [0.4, 0.5) is 28.8 Å². The molecule has 3 aromatic heterocycles. The summed E-state index contributed by atoms with van der Waals surface area (Å²) >= 11 is 1.17. The van der Waals surface area contributed by atoms with Crippen molar-refractivity contribution in [3.05, 3.63) is 78.1 Å². The first kappa shape index (κ1) is 19.8. The third kappa shape index (κ3) is 4.91. The van der Waals surface area contributed by atoms with E-state index in [0.29, 0.717) is 23.1 Å². The van der Waals surface area contributed by atoms with Crippen molar-refractivity contribution >= 4 is 50.2 Å². The van der Waals surface area contributed by atoms with Crippen LogP contribution in [-0.2, 0) is 10.0 Å². The van der Waals surface area contributed by atoms with Gasteiger partial charge in [0.15, 0.2) is 0 Å². The Hall–Kier alpha value is -3.50. The van der Waals surface area contributed by atoms with E-state index >= 15 is 0 Å². The van der Waals surface area contributed by atoms with Crippen molar-refractivity contribution in [1.29, 1.82) is 0 Å². The summed E-state index contributed by atoms with van der Waals surface area (Å²) in [5.74, 6) is 1.89. The fraction of sp³-hybridized carbons (Fsp3) is 0.0500. The number of hydrogen-bond acceptors (Lipinski definition) is 8. The van der Waals surface area contributed by atoms with Crippen molar-refractivity contribution in [1.82, 2.24) is 15.0 Å². The predicted octanol–water partition coefficient (Wildman–Crippen LogP) is 4.53. The van der Waals surface area contributed by atoms with Gasteiger partial charge < -0.3 is 10.6 Å². The SMILES string of the molecule is Cc1ccnc(Nc2cc(Nc3ccc(NS(=O)(=O)c4cccs4)cc3)ncn2)c1. The first-order valence-electron chi connectivity index (χ1n) is 8.93. The maximum absolute atomic E-state index is 12.3. The maximum atomic E-state index is 12.3. The molecule has 0 unspecified atom stereocenters. The molecule has 3 N–H and O–H groups in total. The van der Waals surface area contributed by atoms with Gasteiger partial charge in [-0.15, -0.1) is 11.3 Å². The fourth-order valence-electron chi connectivity index (χ4n) is 2.62. The lowest BCUT2D eigenvalue weighted by Crippen LogP contribution is -2.11. The average molecular weight is 439 g/mol. The summed E-state index contributed by atoms with van der Waals surface area (Å²) in [6.45, 7) is 1.99. The Kier molecular flexibility index (Phi) is 5.59. The molecule has 30 heavy (non-hydrogen) atoms. The van der Waals surface area contributed by atoms with Gasteiger partial charge in [0, 0.05) is 23.6 Å². The number of aromatic nitrogens is 3.